The number of nitrogens with zero attached hydrogens (tertiary/aromatic N) is 2. The van der Waals surface area contributed by atoms with Gasteiger partial charge >= 0.3 is 0 Å². The molecule has 2 aromatic rings. The van der Waals surface area contributed by atoms with Crippen LogP contribution in [0.5, 0.6) is 0 Å². The van der Waals surface area contributed by atoms with Gasteiger partial charge in [0.05, 0.1) is 5.52 Å². The van der Waals surface area contributed by atoms with Crippen LogP contribution in [-0.4, -0.2) is 26.9 Å². The lowest BCUT2D eigenvalue weighted by Gasteiger charge is -2.10. The Bertz CT molecular complexity index is 521. The highest BCUT2D eigenvalue weighted by atomic mass is 35.5. The van der Waals surface area contributed by atoms with Crippen LogP contribution in [0, 0.1) is 0 Å². The molecule has 2 rings (SSSR count). The van der Waals surface area contributed by atoms with Crippen molar-refractivity contribution >= 4 is 34.3 Å². The van der Waals surface area contributed by atoms with Gasteiger partial charge in [0.15, 0.2) is 0 Å². The first-order valence-corrected chi connectivity index (χ1v) is 6.66. The van der Waals surface area contributed by atoms with Crippen LogP contribution in [0.15, 0.2) is 29.3 Å². The fourth-order valence-corrected chi connectivity index (χ4v) is 2.81. The van der Waals surface area contributed by atoms with E-state index in [0.29, 0.717) is 5.25 Å². The second-order valence-corrected chi connectivity index (χ2v) is 5.52. The summed E-state index contributed by atoms with van der Waals surface area (Å²) in [4.78, 5) is 8.44. The van der Waals surface area contributed by atoms with Crippen molar-refractivity contribution in [2.75, 3.05) is 6.61 Å². The van der Waals surface area contributed by atoms with Crippen molar-refractivity contribution in [3.63, 3.8) is 0 Å². The fraction of sp³-hybridized carbons (Fsp3) is 0.333. The third-order valence-corrected chi connectivity index (χ3v) is 3.73. The molecule has 0 aliphatic rings. The molecule has 0 radical (unpaired) electrons. The molecular weight excluding hydrogens is 256 g/mol. The maximum atomic E-state index is 8.91. The van der Waals surface area contributed by atoms with Crippen molar-refractivity contribution < 1.29 is 5.11 Å². The van der Waals surface area contributed by atoms with Gasteiger partial charge in [-0.15, -0.1) is 11.8 Å². The Morgan fingerprint density at radius 2 is 2.12 bits per heavy atom. The minimum Gasteiger partial charge on any atom is -0.396 e. The van der Waals surface area contributed by atoms with E-state index in [1.807, 2.05) is 24.3 Å². The number of rotatable bonds is 4. The summed E-state index contributed by atoms with van der Waals surface area (Å²) in [5.74, 6) is 0. The van der Waals surface area contributed by atoms with E-state index in [-0.39, 0.29) is 11.9 Å². The van der Waals surface area contributed by atoms with Crippen LogP contribution in [0.25, 0.3) is 10.9 Å². The predicted octanol–water partition coefficient (Wildman–Crippen LogP) is 3.15. The van der Waals surface area contributed by atoms with Gasteiger partial charge in [-0.2, -0.15) is 0 Å². The molecule has 1 atom stereocenters. The smallest absolute Gasteiger partial charge is 0.224 e. The Labute approximate surface area is 109 Å². The van der Waals surface area contributed by atoms with Crippen molar-refractivity contribution in [1.82, 2.24) is 9.97 Å². The van der Waals surface area contributed by atoms with Gasteiger partial charge in [-0.25, -0.2) is 9.97 Å². The third kappa shape index (κ3) is 3.09. The zero-order valence-corrected chi connectivity index (χ0v) is 11.0. The molecule has 0 amide bonds. The zero-order valence-electron chi connectivity index (χ0n) is 9.43. The molecule has 0 saturated carbocycles. The highest BCUT2D eigenvalue weighted by Gasteiger charge is 2.10. The summed E-state index contributed by atoms with van der Waals surface area (Å²) in [7, 11) is 0. The van der Waals surface area contributed by atoms with E-state index in [2.05, 4.69) is 16.9 Å². The van der Waals surface area contributed by atoms with E-state index < -0.39 is 0 Å². The first-order valence-electron chi connectivity index (χ1n) is 5.40. The maximum absolute atomic E-state index is 8.91. The van der Waals surface area contributed by atoms with Gasteiger partial charge in [-0.3, -0.25) is 0 Å². The molecule has 0 bridgehead atoms. The summed E-state index contributed by atoms with van der Waals surface area (Å²) in [6.45, 7) is 2.25. The van der Waals surface area contributed by atoms with Crippen molar-refractivity contribution in [2.24, 2.45) is 0 Å². The number of aromatic nitrogens is 2. The minimum atomic E-state index is 0.185. The lowest BCUT2D eigenvalue weighted by molar-refractivity contribution is 0.289. The first kappa shape index (κ1) is 12.6. The topological polar surface area (TPSA) is 46.0 Å². The van der Waals surface area contributed by atoms with Gasteiger partial charge in [-0.05, 0) is 24.1 Å². The molecule has 0 saturated heterocycles. The summed E-state index contributed by atoms with van der Waals surface area (Å²) in [5, 5.41) is 11.4. The molecule has 0 spiro atoms. The molecule has 1 aromatic heterocycles. The Morgan fingerprint density at radius 1 is 1.35 bits per heavy atom. The molecule has 0 aliphatic heterocycles. The second-order valence-electron chi connectivity index (χ2n) is 3.76. The van der Waals surface area contributed by atoms with Crippen molar-refractivity contribution in [2.45, 2.75) is 23.6 Å². The van der Waals surface area contributed by atoms with Gasteiger partial charge in [-0.1, -0.05) is 25.1 Å². The standard InChI is InChI=1S/C12H13ClN2OS/c1-8(6-7-16)17-11-9-4-2-3-5-10(9)14-12(13)15-11/h2-5,8,16H,6-7H2,1H3. The molecule has 1 aromatic carbocycles. The van der Waals surface area contributed by atoms with Crippen LogP contribution in [0.3, 0.4) is 0 Å². The van der Waals surface area contributed by atoms with Gasteiger partial charge in [0.1, 0.15) is 5.03 Å². The van der Waals surface area contributed by atoms with Crippen molar-refractivity contribution in [1.29, 1.82) is 0 Å². The van der Waals surface area contributed by atoms with E-state index in [1.165, 1.54) is 0 Å². The molecule has 17 heavy (non-hydrogen) atoms. The molecule has 0 fully saturated rings. The van der Waals surface area contributed by atoms with Gasteiger partial charge in [0.25, 0.3) is 0 Å². The summed E-state index contributed by atoms with van der Waals surface area (Å²) in [5.41, 5.74) is 0.853. The van der Waals surface area contributed by atoms with Crippen LogP contribution < -0.4 is 0 Å². The molecule has 5 heteroatoms. The van der Waals surface area contributed by atoms with Crippen LogP contribution in [0.2, 0.25) is 5.28 Å². The number of aliphatic hydroxyl groups is 1. The summed E-state index contributed by atoms with van der Waals surface area (Å²) in [6.07, 6.45) is 0.737. The lowest BCUT2D eigenvalue weighted by Crippen LogP contribution is -2.00. The molecule has 1 unspecified atom stereocenters. The number of aliphatic hydroxyl groups excluding tert-OH is 1. The predicted molar refractivity (Wildman–Crippen MR) is 71.6 cm³/mol. The van der Waals surface area contributed by atoms with Crippen molar-refractivity contribution in [3.05, 3.63) is 29.5 Å². The maximum Gasteiger partial charge on any atom is 0.224 e. The van der Waals surface area contributed by atoms with Gasteiger partial charge in [0, 0.05) is 17.2 Å². The summed E-state index contributed by atoms with van der Waals surface area (Å²) >= 11 is 7.52. The number of fused-ring (bicyclic) bond motifs is 1. The number of benzene rings is 1. The summed E-state index contributed by atoms with van der Waals surface area (Å²) < 4.78 is 0. The Balaban J connectivity index is 2.38. The van der Waals surface area contributed by atoms with E-state index in [1.54, 1.807) is 11.8 Å². The Kier molecular flexibility index (Phi) is 4.20. The van der Waals surface area contributed by atoms with E-state index in [4.69, 9.17) is 16.7 Å². The van der Waals surface area contributed by atoms with Crippen LogP contribution in [0.1, 0.15) is 13.3 Å². The van der Waals surface area contributed by atoms with Gasteiger partial charge < -0.3 is 5.11 Å². The third-order valence-electron chi connectivity index (χ3n) is 2.39. The molecule has 90 valence electrons. The fourth-order valence-electron chi connectivity index (χ4n) is 1.54. The molecule has 1 N–H and O–H groups in total. The number of para-hydroxylation sites is 1. The number of hydrogen-bond donors (Lipinski definition) is 1. The average molecular weight is 269 g/mol. The Hall–Kier alpha value is -0.840. The molecule has 3 nitrogen and oxygen atoms in total. The average Bonchev–Trinajstić information content (AvgIpc) is 2.29. The highest BCUT2D eigenvalue weighted by Crippen LogP contribution is 2.30. The summed E-state index contributed by atoms with van der Waals surface area (Å²) in [6, 6.07) is 7.79. The van der Waals surface area contributed by atoms with Crippen LogP contribution in [-0.2, 0) is 0 Å². The number of thioether (sulfide) groups is 1. The molecule has 0 aliphatic carbocycles. The monoisotopic (exact) mass is 268 g/mol. The highest BCUT2D eigenvalue weighted by molar-refractivity contribution is 8.00. The number of hydrogen-bond acceptors (Lipinski definition) is 4. The minimum absolute atomic E-state index is 0.185. The van der Waals surface area contributed by atoms with E-state index in [9.17, 15) is 0 Å². The van der Waals surface area contributed by atoms with Gasteiger partial charge in [0.2, 0.25) is 5.28 Å². The van der Waals surface area contributed by atoms with E-state index >= 15 is 0 Å². The van der Waals surface area contributed by atoms with E-state index in [0.717, 1.165) is 22.3 Å². The second kappa shape index (κ2) is 5.67. The molecular formula is C12H13ClN2OS. The first-order chi connectivity index (χ1) is 8.20. The zero-order chi connectivity index (χ0) is 12.3. The lowest BCUT2D eigenvalue weighted by atomic mass is 10.2. The Morgan fingerprint density at radius 3 is 2.88 bits per heavy atom. The number of halogens is 1. The van der Waals surface area contributed by atoms with Crippen LogP contribution >= 0.6 is 23.4 Å². The quantitative estimate of drug-likeness (QED) is 0.526. The largest absolute Gasteiger partial charge is 0.396 e. The normalized spacial score (nSPS) is 12.9. The van der Waals surface area contributed by atoms with Crippen molar-refractivity contribution in [3.8, 4) is 0 Å². The molecule has 1 heterocycles. The SMILES string of the molecule is CC(CCO)Sc1nc(Cl)nc2ccccc12. The van der Waals surface area contributed by atoms with Crippen LogP contribution in [0.4, 0.5) is 0 Å².